The summed E-state index contributed by atoms with van der Waals surface area (Å²) in [6.45, 7) is -0.797. The molecule has 0 bridgehead atoms. The van der Waals surface area contributed by atoms with E-state index >= 15 is 0 Å². The van der Waals surface area contributed by atoms with Crippen molar-refractivity contribution < 1.29 is 22.0 Å². The van der Waals surface area contributed by atoms with E-state index in [-0.39, 0.29) is 10.6 Å². The number of alkyl halides is 2. The summed E-state index contributed by atoms with van der Waals surface area (Å²) in [6, 6.07) is 1.02. The van der Waals surface area contributed by atoms with Crippen LogP contribution >= 0.6 is 0 Å². The topological polar surface area (TPSA) is 94.2 Å². The zero-order valence-corrected chi connectivity index (χ0v) is 9.67. The van der Waals surface area contributed by atoms with Crippen molar-refractivity contribution in [3.63, 3.8) is 0 Å². The smallest absolute Gasteiger partial charge is 0.268 e. The Bertz CT molecular complexity index is 524. The molecule has 3 N–H and O–H groups in total. The average Bonchev–Trinajstić information content (AvgIpc) is 2.56. The molecule has 0 saturated heterocycles. The zero-order valence-electron chi connectivity index (χ0n) is 8.85. The second kappa shape index (κ2) is 4.80. The number of aryl methyl sites for hydroxylation is 1. The molecule has 0 aliphatic heterocycles. The number of nitrogens with zero attached hydrogens (tertiary/aromatic N) is 1. The van der Waals surface area contributed by atoms with E-state index in [1.54, 1.807) is 0 Å². The van der Waals surface area contributed by atoms with Crippen LogP contribution in [0.2, 0.25) is 0 Å². The molecule has 9 heteroatoms. The molecule has 0 aromatic carbocycles. The SMILES string of the molecule is Cn1cc(S(N)(=O)=O)cc1C(=O)NCC(F)F. The first-order valence-corrected chi connectivity index (χ1v) is 6.02. The van der Waals surface area contributed by atoms with E-state index in [4.69, 9.17) is 5.14 Å². The van der Waals surface area contributed by atoms with Crippen molar-refractivity contribution in [2.24, 2.45) is 12.2 Å². The number of hydrogen-bond donors (Lipinski definition) is 2. The van der Waals surface area contributed by atoms with Crippen LogP contribution in [0.4, 0.5) is 8.78 Å². The zero-order chi connectivity index (χ0) is 13.2. The summed E-state index contributed by atoms with van der Waals surface area (Å²) in [5.41, 5.74) is -0.0605. The molecule has 0 atom stereocenters. The van der Waals surface area contributed by atoms with E-state index in [0.717, 1.165) is 12.3 Å². The van der Waals surface area contributed by atoms with Crippen LogP contribution in [0.15, 0.2) is 17.2 Å². The molecule has 1 aromatic heterocycles. The lowest BCUT2D eigenvalue weighted by atomic mass is 10.4. The van der Waals surface area contributed by atoms with E-state index in [0.29, 0.717) is 0 Å². The standard InChI is InChI=1S/C8H11F2N3O3S/c1-13-4-5(17(11,15)16)2-6(13)8(14)12-3-7(9)10/h2,4,7H,3H2,1H3,(H,12,14)(H2,11,15,16). The number of amides is 1. The molecule has 0 aliphatic rings. The van der Waals surface area contributed by atoms with Gasteiger partial charge in [0.2, 0.25) is 10.0 Å². The van der Waals surface area contributed by atoms with Gasteiger partial charge in [0.1, 0.15) is 10.6 Å². The number of carbonyl (C=O) groups is 1. The summed E-state index contributed by atoms with van der Waals surface area (Å²) < 4.78 is 46.9. The fraction of sp³-hybridized carbons (Fsp3) is 0.375. The van der Waals surface area contributed by atoms with E-state index in [1.165, 1.54) is 11.6 Å². The van der Waals surface area contributed by atoms with Crippen LogP contribution in [0.3, 0.4) is 0 Å². The third-order valence-electron chi connectivity index (χ3n) is 1.96. The number of hydrogen-bond acceptors (Lipinski definition) is 3. The van der Waals surface area contributed by atoms with Gasteiger partial charge in [-0.3, -0.25) is 4.79 Å². The summed E-state index contributed by atoms with van der Waals surface area (Å²) in [4.78, 5) is 11.2. The van der Waals surface area contributed by atoms with Crippen molar-refractivity contribution in [2.45, 2.75) is 11.3 Å². The Hall–Kier alpha value is -1.48. The first-order valence-electron chi connectivity index (χ1n) is 4.47. The second-order valence-electron chi connectivity index (χ2n) is 3.32. The van der Waals surface area contributed by atoms with Crippen molar-refractivity contribution >= 4 is 15.9 Å². The van der Waals surface area contributed by atoms with Crippen LogP contribution in [0.5, 0.6) is 0 Å². The molecule has 0 unspecified atom stereocenters. The molecule has 6 nitrogen and oxygen atoms in total. The molecule has 0 saturated carbocycles. The van der Waals surface area contributed by atoms with E-state index in [9.17, 15) is 22.0 Å². The largest absolute Gasteiger partial charge is 0.345 e. The Morgan fingerprint density at radius 2 is 2.18 bits per heavy atom. The summed E-state index contributed by atoms with van der Waals surface area (Å²) in [5.74, 6) is -0.789. The van der Waals surface area contributed by atoms with E-state index < -0.39 is 28.9 Å². The minimum atomic E-state index is -3.92. The van der Waals surface area contributed by atoms with Crippen molar-refractivity contribution in [3.8, 4) is 0 Å². The van der Waals surface area contributed by atoms with Crippen LogP contribution in [-0.2, 0) is 17.1 Å². The van der Waals surface area contributed by atoms with Crippen LogP contribution in [0.1, 0.15) is 10.5 Å². The predicted molar refractivity (Wildman–Crippen MR) is 55.1 cm³/mol. The maximum Gasteiger partial charge on any atom is 0.268 e. The summed E-state index contributed by atoms with van der Waals surface area (Å²) in [6.07, 6.45) is -1.54. The molecule has 0 spiro atoms. The fourth-order valence-electron chi connectivity index (χ4n) is 1.18. The maximum atomic E-state index is 11.9. The number of nitrogens with one attached hydrogen (secondary N) is 1. The highest BCUT2D eigenvalue weighted by Gasteiger charge is 2.17. The normalized spacial score (nSPS) is 11.8. The number of rotatable bonds is 4. The van der Waals surface area contributed by atoms with E-state index in [2.05, 4.69) is 0 Å². The lowest BCUT2D eigenvalue weighted by Crippen LogP contribution is -2.29. The Balaban J connectivity index is 2.92. The molecular weight excluding hydrogens is 256 g/mol. The van der Waals surface area contributed by atoms with Crippen molar-refractivity contribution in [3.05, 3.63) is 18.0 Å². The van der Waals surface area contributed by atoms with Gasteiger partial charge in [-0.15, -0.1) is 0 Å². The van der Waals surface area contributed by atoms with Crippen molar-refractivity contribution in [1.29, 1.82) is 0 Å². The Labute approximate surface area is 96.5 Å². The van der Waals surface area contributed by atoms with Crippen LogP contribution in [0.25, 0.3) is 0 Å². The highest BCUT2D eigenvalue weighted by molar-refractivity contribution is 7.89. The summed E-state index contributed by atoms with van der Waals surface area (Å²) in [5, 5.41) is 6.83. The van der Waals surface area contributed by atoms with Gasteiger partial charge >= 0.3 is 0 Å². The third-order valence-corrected chi connectivity index (χ3v) is 2.84. The number of sulfonamides is 1. The first-order chi connectivity index (χ1) is 7.71. The first kappa shape index (κ1) is 13.6. The monoisotopic (exact) mass is 267 g/mol. The highest BCUT2D eigenvalue weighted by Crippen LogP contribution is 2.11. The van der Waals surface area contributed by atoms with Crippen LogP contribution in [0, 0.1) is 0 Å². The lowest BCUT2D eigenvalue weighted by Gasteiger charge is -2.04. The van der Waals surface area contributed by atoms with Gasteiger partial charge in [-0.05, 0) is 6.07 Å². The molecule has 0 aliphatic carbocycles. The van der Waals surface area contributed by atoms with Gasteiger partial charge in [-0.25, -0.2) is 22.3 Å². The second-order valence-corrected chi connectivity index (χ2v) is 4.88. The number of primary sulfonamides is 1. The minimum absolute atomic E-state index is 0.0605. The number of nitrogens with two attached hydrogens (primary N) is 1. The fourth-order valence-corrected chi connectivity index (χ4v) is 1.76. The quantitative estimate of drug-likeness (QED) is 0.782. The molecule has 0 fully saturated rings. The van der Waals surface area contributed by atoms with Gasteiger partial charge in [0.15, 0.2) is 0 Å². The van der Waals surface area contributed by atoms with Gasteiger partial charge in [0.25, 0.3) is 12.3 Å². The maximum absolute atomic E-state index is 11.9. The van der Waals surface area contributed by atoms with Gasteiger partial charge in [0, 0.05) is 13.2 Å². The number of halogens is 2. The van der Waals surface area contributed by atoms with Gasteiger partial charge in [-0.1, -0.05) is 0 Å². The lowest BCUT2D eigenvalue weighted by molar-refractivity contribution is 0.0884. The molecule has 0 radical (unpaired) electrons. The van der Waals surface area contributed by atoms with E-state index in [1.807, 2.05) is 5.32 Å². The molecule has 1 aromatic rings. The Kier molecular flexibility index (Phi) is 3.83. The molecular formula is C8H11F2N3O3S. The third kappa shape index (κ3) is 3.49. The highest BCUT2D eigenvalue weighted by atomic mass is 32.2. The Morgan fingerprint density at radius 3 is 2.59 bits per heavy atom. The molecule has 17 heavy (non-hydrogen) atoms. The summed E-state index contributed by atoms with van der Waals surface area (Å²) >= 11 is 0. The average molecular weight is 267 g/mol. The van der Waals surface area contributed by atoms with Gasteiger partial charge < -0.3 is 9.88 Å². The minimum Gasteiger partial charge on any atom is -0.345 e. The Morgan fingerprint density at radius 1 is 1.59 bits per heavy atom. The molecule has 96 valence electrons. The molecule has 1 amide bonds. The number of aromatic nitrogens is 1. The predicted octanol–water partition coefficient (Wildman–Crippen LogP) is -0.333. The molecule has 1 rings (SSSR count). The van der Waals surface area contributed by atoms with Crippen molar-refractivity contribution in [1.82, 2.24) is 9.88 Å². The van der Waals surface area contributed by atoms with Crippen molar-refractivity contribution in [2.75, 3.05) is 6.54 Å². The number of carbonyl (C=O) groups excluding carboxylic acids is 1. The van der Waals surface area contributed by atoms with Crippen LogP contribution in [-0.4, -0.2) is 31.9 Å². The van der Waals surface area contributed by atoms with Gasteiger partial charge in [0.05, 0.1) is 6.54 Å². The van der Waals surface area contributed by atoms with Crippen LogP contribution < -0.4 is 10.5 Å². The molecule has 1 heterocycles. The summed E-state index contributed by atoms with van der Waals surface area (Å²) in [7, 11) is -2.51. The van der Waals surface area contributed by atoms with Gasteiger partial charge in [-0.2, -0.15) is 0 Å².